The van der Waals surface area contributed by atoms with E-state index in [1.54, 1.807) is 0 Å². The summed E-state index contributed by atoms with van der Waals surface area (Å²) in [6.45, 7) is 2.33. The van der Waals surface area contributed by atoms with Crippen molar-refractivity contribution in [2.24, 2.45) is 0 Å². The van der Waals surface area contributed by atoms with Crippen molar-refractivity contribution in [3.8, 4) is 0 Å². The molecule has 0 aliphatic heterocycles. The molecule has 0 saturated heterocycles. The van der Waals surface area contributed by atoms with Gasteiger partial charge in [-0.25, -0.2) is 0 Å². The van der Waals surface area contributed by atoms with Crippen molar-refractivity contribution in [2.75, 3.05) is 6.61 Å². The summed E-state index contributed by atoms with van der Waals surface area (Å²) in [4.78, 5) is 0. The Bertz CT molecular complexity index is 39.1. The van der Waals surface area contributed by atoms with Crippen LogP contribution in [-0.4, -0.2) is 17.0 Å². The van der Waals surface area contributed by atoms with E-state index in [-0.39, 0.29) is 6.61 Å². The second-order valence-electron chi connectivity index (χ2n) is 1.57. The zero-order chi connectivity index (χ0) is 5.70. The second kappa shape index (κ2) is 4.47. The third kappa shape index (κ3) is 4.16. The Morgan fingerprint density at radius 2 is 2.29 bits per heavy atom. The van der Waals surface area contributed by atoms with Gasteiger partial charge in [0.2, 0.25) is 0 Å². The van der Waals surface area contributed by atoms with Gasteiger partial charge in [-0.1, -0.05) is 6.92 Å². The highest BCUT2D eigenvalue weighted by atomic mass is 32.1. The van der Waals surface area contributed by atoms with Gasteiger partial charge >= 0.3 is 0 Å². The van der Waals surface area contributed by atoms with Gasteiger partial charge in [-0.05, 0) is 12.8 Å². The fourth-order valence-electron chi connectivity index (χ4n) is 0.353. The molecule has 0 fully saturated rings. The van der Waals surface area contributed by atoms with Crippen LogP contribution in [0.25, 0.3) is 0 Å². The van der Waals surface area contributed by atoms with Gasteiger partial charge in [0.15, 0.2) is 0 Å². The van der Waals surface area contributed by atoms with Gasteiger partial charge in [-0.2, -0.15) is 12.6 Å². The first-order chi connectivity index (χ1) is 3.31. The lowest BCUT2D eigenvalue weighted by atomic mass is 10.2. The Morgan fingerprint density at radius 3 is 2.43 bits per heavy atom. The standard InChI is InChI=1S/C5H12OS/c1-2-5(7)3-4-6/h5-7H,2-4H2,1H3/t5-/m0/s1. The van der Waals surface area contributed by atoms with Crippen LogP contribution in [0.3, 0.4) is 0 Å². The van der Waals surface area contributed by atoms with Gasteiger partial charge in [0.1, 0.15) is 0 Å². The lowest BCUT2D eigenvalue weighted by Crippen LogP contribution is -1.98. The predicted octanol–water partition coefficient (Wildman–Crippen LogP) is 1.08. The summed E-state index contributed by atoms with van der Waals surface area (Å²) < 4.78 is 0. The molecule has 0 aromatic rings. The maximum absolute atomic E-state index is 8.32. The third-order valence-corrected chi connectivity index (χ3v) is 1.56. The highest BCUT2D eigenvalue weighted by molar-refractivity contribution is 7.80. The molecule has 1 atom stereocenters. The first-order valence-electron chi connectivity index (χ1n) is 2.60. The molecule has 2 heteroatoms. The van der Waals surface area contributed by atoms with E-state index in [1.165, 1.54) is 0 Å². The molecule has 1 N–H and O–H groups in total. The minimum absolute atomic E-state index is 0.266. The molecule has 7 heavy (non-hydrogen) atoms. The fourth-order valence-corrected chi connectivity index (χ4v) is 0.469. The average molecular weight is 120 g/mol. The van der Waals surface area contributed by atoms with Crippen LogP contribution in [0, 0.1) is 0 Å². The quantitative estimate of drug-likeness (QED) is 0.534. The van der Waals surface area contributed by atoms with Gasteiger partial charge in [-0.15, -0.1) is 0 Å². The molecular formula is C5H12OS. The summed E-state index contributed by atoms with van der Waals surface area (Å²) in [7, 11) is 0. The monoisotopic (exact) mass is 120 g/mol. The van der Waals surface area contributed by atoms with Gasteiger partial charge in [-0.3, -0.25) is 0 Å². The average Bonchev–Trinajstić information content (AvgIpc) is 1.68. The number of aliphatic hydroxyl groups is 1. The van der Waals surface area contributed by atoms with Crippen molar-refractivity contribution in [2.45, 2.75) is 25.0 Å². The van der Waals surface area contributed by atoms with Crippen LogP contribution in [0.15, 0.2) is 0 Å². The van der Waals surface area contributed by atoms with E-state index in [1.807, 2.05) is 0 Å². The van der Waals surface area contributed by atoms with Crippen molar-refractivity contribution >= 4 is 12.6 Å². The first kappa shape index (κ1) is 7.31. The number of thiol groups is 1. The zero-order valence-corrected chi connectivity index (χ0v) is 5.49. The Labute approximate surface area is 50.1 Å². The molecule has 0 heterocycles. The van der Waals surface area contributed by atoms with Crippen LogP contribution in [0.5, 0.6) is 0 Å². The van der Waals surface area contributed by atoms with Crippen LogP contribution in [0.2, 0.25) is 0 Å². The molecule has 0 spiro atoms. The summed E-state index contributed by atoms with van der Waals surface area (Å²) in [5.74, 6) is 0. The smallest absolute Gasteiger partial charge is 0.0441 e. The van der Waals surface area contributed by atoms with Crippen molar-refractivity contribution in [1.82, 2.24) is 0 Å². The summed E-state index contributed by atoms with van der Waals surface area (Å²) >= 11 is 4.15. The summed E-state index contributed by atoms with van der Waals surface area (Å²) in [6, 6.07) is 0. The molecule has 0 saturated carbocycles. The molecule has 0 aliphatic rings. The van der Waals surface area contributed by atoms with Crippen molar-refractivity contribution in [3.05, 3.63) is 0 Å². The molecule has 0 radical (unpaired) electrons. The molecule has 0 amide bonds. The number of rotatable bonds is 3. The Kier molecular flexibility index (Phi) is 4.67. The molecule has 0 unspecified atom stereocenters. The second-order valence-corrected chi connectivity index (χ2v) is 2.30. The van der Waals surface area contributed by atoms with E-state index in [0.29, 0.717) is 5.25 Å². The van der Waals surface area contributed by atoms with Crippen molar-refractivity contribution in [3.63, 3.8) is 0 Å². The minimum atomic E-state index is 0.266. The first-order valence-corrected chi connectivity index (χ1v) is 3.11. The predicted molar refractivity (Wildman–Crippen MR) is 34.8 cm³/mol. The lowest BCUT2D eigenvalue weighted by molar-refractivity contribution is 0.286. The zero-order valence-electron chi connectivity index (χ0n) is 4.59. The Hall–Kier alpha value is 0.310. The SMILES string of the molecule is CC[C@H](S)CCO. The highest BCUT2D eigenvalue weighted by Gasteiger charge is 1.94. The van der Waals surface area contributed by atoms with E-state index in [2.05, 4.69) is 19.6 Å². The molecule has 0 aromatic carbocycles. The third-order valence-electron chi connectivity index (χ3n) is 0.934. The van der Waals surface area contributed by atoms with Crippen LogP contribution in [-0.2, 0) is 0 Å². The molecule has 0 rings (SSSR count). The van der Waals surface area contributed by atoms with E-state index in [4.69, 9.17) is 5.11 Å². The van der Waals surface area contributed by atoms with Gasteiger partial charge in [0.05, 0.1) is 0 Å². The molecular weight excluding hydrogens is 108 g/mol. The fraction of sp³-hybridized carbons (Fsp3) is 1.00. The van der Waals surface area contributed by atoms with Crippen LogP contribution in [0.1, 0.15) is 19.8 Å². The molecule has 0 bridgehead atoms. The van der Waals surface area contributed by atoms with Crippen LogP contribution < -0.4 is 0 Å². The molecule has 1 nitrogen and oxygen atoms in total. The summed E-state index contributed by atoms with van der Waals surface area (Å²) in [5, 5.41) is 8.71. The molecule has 0 aromatic heterocycles. The molecule has 0 aliphatic carbocycles. The Balaban J connectivity index is 2.83. The summed E-state index contributed by atoms with van der Waals surface area (Å²) in [6.07, 6.45) is 1.86. The number of hydrogen-bond donors (Lipinski definition) is 2. The van der Waals surface area contributed by atoms with Crippen molar-refractivity contribution in [1.29, 1.82) is 0 Å². The largest absolute Gasteiger partial charge is 0.396 e. The van der Waals surface area contributed by atoms with E-state index < -0.39 is 0 Å². The number of hydrogen-bond acceptors (Lipinski definition) is 2. The van der Waals surface area contributed by atoms with E-state index >= 15 is 0 Å². The maximum Gasteiger partial charge on any atom is 0.0441 e. The van der Waals surface area contributed by atoms with Crippen LogP contribution in [0.4, 0.5) is 0 Å². The highest BCUT2D eigenvalue weighted by Crippen LogP contribution is 2.03. The summed E-state index contributed by atoms with van der Waals surface area (Å²) in [5.41, 5.74) is 0. The van der Waals surface area contributed by atoms with Gasteiger partial charge < -0.3 is 5.11 Å². The van der Waals surface area contributed by atoms with Gasteiger partial charge in [0, 0.05) is 11.9 Å². The lowest BCUT2D eigenvalue weighted by Gasteiger charge is -2.01. The topological polar surface area (TPSA) is 20.2 Å². The minimum Gasteiger partial charge on any atom is -0.396 e. The van der Waals surface area contributed by atoms with Crippen LogP contribution >= 0.6 is 12.6 Å². The van der Waals surface area contributed by atoms with E-state index in [0.717, 1.165) is 12.8 Å². The van der Waals surface area contributed by atoms with Crippen molar-refractivity contribution < 1.29 is 5.11 Å². The maximum atomic E-state index is 8.32. The van der Waals surface area contributed by atoms with Gasteiger partial charge in [0.25, 0.3) is 0 Å². The normalized spacial score (nSPS) is 14.1. The van der Waals surface area contributed by atoms with E-state index in [9.17, 15) is 0 Å². The molecule has 44 valence electrons. The number of aliphatic hydroxyl groups excluding tert-OH is 1. The Morgan fingerprint density at radius 1 is 1.71 bits per heavy atom.